The first kappa shape index (κ1) is 20.5. The molecule has 2 aliphatic rings. The van der Waals surface area contributed by atoms with Crippen molar-refractivity contribution in [2.24, 2.45) is 5.73 Å². The molecule has 1 aromatic carbocycles. The number of ether oxygens (including phenoxy) is 3. The number of aryl methyl sites for hydroxylation is 1. The average molecular weight is 431 g/mol. The number of methoxy groups -OCH3 is 1. The number of benzene rings is 1. The Morgan fingerprint density at radius 2 is 2.17 bits per heavy atom. The number of hydrogen-bond acceptors (Lipinski definition) is 6. The summed E-state index contributed by atoms with van der Waals surface area (Å²) in [5, 5.41) is 0.482. The monoisotopic (exact) mass is 430 g/mol. The van der Waals surface area contributed by atoms with Gasteiger partial charge < -0.3 is 24.5 Å². The van der Waals surface area contributed by atoms with E-state index >= 15 is 0 Å². The van der Waals surface area contributed by atoms with E-state index in [1.54, 1.807) is 34.9 Å². The number of pyridine rings is 1. The smallest absolute Gasteiger partial charge is 0.340 e. The predicted octanol–water partition coefficient (Wildman–Crippen LogP) is 2.86. The first-order valence-corrected chi connectivity index (χ1v) is 10.2. The highest BCUT2D eigenvalue weighted by Crippen LogP contribution is 2.41. The number of halogens is 1. The van der Waals surface area contributed by atoms with Gasteiger partial charge in [0, 0.05) is 23.4 Å². The molecule has 0 radical (unpaired) electrons. The van der Waals surface area contributed by atoms with Gasteiger partial charge in [0.2, 0.25) is 5.88 Å². The first-order chi connectivity index (χ1) is 14.4. The van der Waals surface area contributed by atoms with E-state index in [-0.39, 0.29) is 23.1 Å². The fourth-order valence-electron chi connectivity index (χ4n) is 4.13. The van der Waals surface area contributed by atoms with E-state index in [9.17, 15) is 9.59 Å². The number of fused-ring (bicyclic) bond motifs is 1. The van der Waals surface area contributed by atoms with Crippen molar-refractivity contribution < 1.29 is 19.0 Å². The molecule has 3 heterocycles. The van der Waals surface area contributed by atoms with Crippen LogP contribution in [0.3, 0.4) is 0 Å². The number of esters is 1. The quantitative estimate of drug-likeness (QED) is 0.750. The molecule has 1 fully saturated rings. The van der Waals surface area contributed by atoms with E-state index in [0.717, 1.165) is 18.5 Å². The van der Waals surface area contributed by atoms with Gasteiger partial charge in [-0.05, 0) is 37.5 Å². The van der Waals surface area contributed by atoms with Crippen LogP contribution < -0.4 is 16.0 Å². The van der Waals surface area contributed by atoms with Crippen molar-refractivity contribution in [1.82, 2.24) is 4.57 Å². The average Bonchev–Trinajstić information content (AvgIpc) is 3.23. The second-order valence-corrected chi connectivity index (χ2v) is 7.91. The molecule has 7 nitrogen and oxygen atoms in total. The Kier molecular flexibility index (Phi) is 5.58. The molecule has 0 spiro atoms. The van der Waals surface area contributed by atoms with Crippen LogP contribution in [-0.4, -0.2) is 30.4 Å². The number of rotatable bonds is 4. The Morgan fingerprint density at radius 1 is 1.37 bits per heavy atom. The third-order valence-electron chi connectivity index (χ3n) is 5.57. The Hall–Kier alpha value is -2.77. The number of carbonyl (C=O) groups is 1. The Bertz CT molecular complexity index is 1090. The van der Waals surface area contributed by atoms with E-state index in [1.165, 1.54) is 7.11 Å². The van der Waals surface area contributed by atoms with Crippen LogP contribution in [0.1, 0.15) is 35.6 Å². The third-order valence-corrected chi connectivity index (χ3v) is 5.80. The molecular weight excluding hydrogens is 408 g/mol. The maximum atomic E-state index is 13.6. The highest BCUT2D eigenvalue weighted by molar-refractivity contribution is 6.30. The van der Waals surface area contributed by atoms with Crippen LogP contribution in [0.4, 0.5) is 0 Å². The molecule has 0 saturated carbocycles. The molecule has 1 aromatic heterocycles. The standard InChI is InChI=1S/C22H23ClN2O5/c1-12-9-16-18(21(26)25(12)11-15-7-4-8-29-15)17(13-5-3-6-14(23)10-13)19(20(24)30-16)22(27)28-2/h3,5-6,9-10,15,17H,4,7-8,11,24H2,1-2H3/t15-,17+/m1/s1. The molecule has 0 aliphatic carbocycles. The van der Waals surface area contributed by atoms with Crippen LogP contribution in [0, 0.1) is 6.92 Å². The lowest BCUT2D eigenvalue weighted by atomic mass is 9.83. The zero-order valence-corrected chi connectivity index (χ0v) is 17.6. The first-order valence-electron chi connectivity index (χ1n) is 9.78. The summed E-state index contributed by atoms with van der Waals surface area (Å²) in [6, 6.07) is 8.76. The zero-order valence-electron chi connectivity index (χ0n) is 16.8. The van der Waals surface area contributed by atoms with Crippen molar-refractivity contribution in [2.45, 2.75) is 38.3 Å². The Balaban J connectivity index is 1.92. The summed E-state index contributed by atoms with van der Waals surface area (Å²) >= 11 is 6.20. The van der Waals surface area contributed by atoms with E-state index in [4.69, 9.17) is 31.5 Å². The lowest BCUT2D eigenvalue weighted by molar-refractivity contribution is -0.136. The van der Waals surface area contributed by atoms with Gasteiger partial charge in [0.05, 0.1) is 31.2 Å². The van der Waals surface area contributed by atoms with E-state index in [0.29, 0.717) is 35.1 Å². The normalized spacial score (nSPS) is 20.6. The van der Waals surface area contributed by atoms with Gasteiger partial charge >= 0.3 is 5.97 Å². The molecule has 0 bridgehead atoms. The van der Waals surface area contributed by atoms with Crippen molar-refractivity contribution in [3.63, 3.8) is 0 Å². The molecule has 0 amide bonds. The lowest BCUT2D eigenvalue weighted by Gasteiger charge is -2.29. The minimum atomic E-state index is -0.760. The van der Waals surface area contributed by atoms with E-state index < -0.39 is 11.9 Å². The van der Waals surface area contributed by atoms with Gasteiger partial charge in [-0.2, -0.15) is 0 Å². The van der Waals surface area contributed by atoms with Gasteiger partial charge in [-0.15, -0.1) is 0 Å². The van der Waals surface area contributed by atoms with Crippen LogP contribution in [-0.2, 0) is 20.8 Å². The predicted molar refractivity (Wildman–Crippen MR) is 112 cm³/mol. The summed E-state index contributed by atoms with van der Waals surface area (Å²) in [7, 11) is 1.26. The minimum Gasteiger partial charge on any atom is -0.465 e. The molecule has 2 aromatic rings. The largest absolute Gasteiger partial charge is 0.465 e. The number of hydrogen-bond donors (Lipinski definition) is 1. The molecule has 2 N–H and O–H groups in total. The summed E-state index contributed by atoms with van der Waals surface area (Å²) in [4.78, 5) is 26.2. The van der Waals surface area contributed by atoms with Crippen LogP contribution in [0.5, 0.6) is 5.75 Å². The minimum absolute atomic E-state index is 0.0192. The molecule has 30 heavy (non-hydrogen) atoms. The van der Waals surface area contributed by atoms with Crippen molar-refractivity contribution in [2.75, 3.05) is 13.7 Å². The number of carbonyl (C=O) groups excluding carboxylic acids is 1. The van der Waals surface area contributed by atoms with Crippen molar-refractivity contribution >= 4 is 17.6 Å². The lowest BCUT2D eigenvalue weighted by Crippen LogP contribution is -2.36. The molecule has 2 atom stereocenters. The second kappa shape index (κ2) is 8.16. The summed E-state index contributed by atoms with van der Waals surface area (Å²) in [5.41, 5.74) is 7.64. The number of nitrogens with two attached hydrogens (primary N) is 1. The van der Waals surface area contributed by atoms with Crippen LogP contribution in [0.15, 0.2) is 46.6 Å². The summed E-state index contributed by atoms with van der Waals surface area (Å²) in [6.07, 6.45) is 1.86. The molecule has 8 heteroatoms. The maximum Gasteiger partial charge on any atom is 0.340 e. The summed E-state index contributed by atoms with van der Waals surface area (Å²) in [5.74, 6) is -1.18. The van der Waals surface area contributed by atoms with Gasteiger partial charge in [-0.3, -0.25) is 4.79 Å². The molecule has 0 unspecified atom stereocenters. The van der Waals surface area contributed by atoms with Crippen LogP contribution in [0.25, 0.3) is 0 Å². The van der Waals surface area contributed by atoms with Crippen LogP contribution >= 0.6 is 11.6 Å². The van der Waals surface area contributed by atoms with Crippen molar-refractivity contribution in [1.29, 1.82) is 0 Å². The summed E-state index contributed by atoms with van der Waals surface area (Å²) in [6.45, 7) is 2.97. The third kappa shape index (κ3) is 3.59. The van der Waals surface area contributed by atoms with Gasteiger partial charge in [0.15, 0.2) is 0 Å². The fourth-order valence-corrected chi connectivity index (χ4v) is 4.33. The molecular formula is C22H23ClN2O5. The van der Waals surface area contributed by atoms with Gasteiger partial charge in [0.1, 0.15) is 11.3 Å². The van der Waals surface area contributed by atoms with E-state index in [2.05, 4.69) is 0 Å². The molecule has 2 aliphatic heterocycles. The second-order valence-electron chi connectivity index (χ2n) is 7.47. The van der Waals surface area contributed by atoms with Gasteiger partial charge in [-0.25, -0.2) is 4.79 Å². The van der Waals surface area contributed by atoms with E-state index in [1.807, 2.05) is 6.92 Å². The topological polar surface area (TPSA) is 92.8 Å². The molecule has 158 valence electrons. The van der Waals surface area contributed by atoms with Crippen molar-refractivity contribution in [3.05, 3.63) is 74.0 Å². The van der Waals surface area contributed by atoms with Gasteiger partial charge in [-0.1, -0.05) is 23.7 Å². The number of aromatic nitrogens is 1. The zero-order chi connectivity index (χ0) is 21.4. The number of nitrogens with zero attached hydrogens (tertiary/aromatic N) is 1. The summed E-state index contributed by atoms with van der Waals surface area (Å²) < 4.78 is 18.0. The molecule has 4 rings (SSSR count). The fraction of sp³-hybridized carbons (Fsp3) is 0.364. The molecule has 1 saturated heterocycles. The van der Waals surface area contributed by atoms with Crippen LogP contribution in [0.2, 0.25) is 5.02 Å². The SMILES string of the molecule is COC(=O)C1=C(N)Oc2cc(C)n(C[C@H]3CCCO3)c(=O)c2[C@@H]1c1cccc(Cl)c1. The Morgan fingerprint density at radius 3 is 2.83 bits per heavy atom. The maximum absolute atomic E-state index is 13.6. The highest BCUT2D eigenvalue weighted by Gasteiger charge is 2.38. The van der Waals surface area contributed by atoms with Gasteiger partial charge in [0.25, 0.3) is 5.56 Å². The van der Waals surface area contributed by atoms with Crippen molar-refractivity contribution in [3.8, 4) is 5.75 Å². The highest BCUT2D eigenvalue weighted by atomic mass is 35.5. The Labute approximate surface area is 179 Å².